The van der Waals surface area contributed by atoms with Crippen LogP contribution < -0.4 is 11.1 Å². The molecule has 3 atom stereocenters. The van der Waals surface area contributed by atoms with Crippen molar-refractivity contribution < 1.29 is 0 Å². The third kappa shape index (κ3) is 3.09. The fraction of sp³-hybridized carbons (Fsp3) is 0.571. The van der Waals surface area contributed by atoms with Gasteiger partial charge in [0.2, 0.25) is 0 Å². The molecular weight excluding hydrogens is 276 g/mol. The van der Waals surface area contributed by atoms with Gasteiger partial charge in [0.1, 0.15) is 0 Å². The summed E-state index contributed by atoms with van der Waals surface area (Å²) in [5.74, 6) is 0.653. The SMILES string of the molecule is C[C@@H](NC1CCCC1CN)c1ccccc1Br. The maximum absolute atomic E-state index is 5.82. The van der Waals surface area contributed by atoms with Crippen molar-refractivity contribution >= 4 is 15.9 Å². The highest BCUT2D eigenvalue weighted by Gasteiger charge is 2.27. The molecule has 1 aromatic carbocycles. The van der Waals surface area contributed by atoms with Crippen LogP contribution in [0.15, 0.2) is 28.7 Å². The minimum absolute atomic E-state index is 0.378. The number of nitrogens with two attached hydrogens (primary N) is 1. The Kier molecular flexibility index (Phi) is 4.60. The number of nitrogens with one attached hydrogen (secondary N) is 1. The molecule has 0 aromatic heterocycles. The molecule has 0 spiro atoms. The van der Waals surface area contributed by atoms with Crippen molar-refractivity contribution in [1.82, 2.24) is 5.32 Å². The van der Waals surface area contributed by atoms with Gasteiger partial charge in [-0.25, -0.2) is 0 Å². The topological polar surface area (TPSA) is 38.0 Å². The number of hydrogen-bond acceptors (Lipinski definition) is 2. The second-order valence-electron chi connectivity index (χ2n) is 4.94. The lowest BCUT2D eigenvalue weighted by Gasteiger charge is -2.25. The lowest BCUT2D eigenvalue weighted by molar-refractivity contribution is 0.373. The zero-order valence-corrected chi connectivity index (χ0v) is 11.9. The summed E-state index contributed by atoms with van der Waals surface area (Å²) in [6, 6.07) is 9.38. The molecule has 3 heteroatoms. The number of halogens is 1. The van der Waals surface area contributed by atoms with E-state index in [4.69, 9.17) is 5.73 Å². The molecule has 2 unspecified atom stereocenters. The Balaban J connectivity index is 2.01. The third-order valence-electron chi connectivity index (χ3n) is 3.80. The van der Waals surface area contributed by atoms with Crippen LogP contribution in [0, 0.1) is 5.92 Å². The molecule has 0 bridgehead atoms. The predicted octanol–water partition coefficient (Wildman–Crippen LogP) is 3.23. The Hall–Kier alpha value is -0.380. The van der Waals surface area contributed by atoms with Crippen LogP contribution in [-0.4, -0.2) is 12.6 Å². The summed E-state index contributed by atoms with van der Waals surface area (Å²) in [5.41, 5.74) is 7.15. The number of hydrogen-bond donors (Lipinski definition) is 2. The largest absolute Gasteiger partial charge is 0.330 e. The van der Waals surface area contributed by atoms with Crippen LogP contribution in [0.5, 0.6) is 0 Å². The molecule has 1 saturated carbocycles. The first-order chi connectivity index (χ1) is 8.22. The number of benzene rings is 1. The van der Waals surface area contributed by atoms with E-state index in [2.05, 4.69) is 52.4 Å². The first kappa shape index (κ1) is 13.1. The van der Waals surface area contributed by atoms with Crippen LogP contribution in [0.1, 0.15) is 37.8 Å². The third-order valence-corrected chi connectivity index (χ3v) is 4.52. The van der Waals surface area contributed by atoms with Crippen LogP contribution >= 0.6 is 15.9 Å². The van der Waals surface area contributed by atoms with Crippen molar-refractivity contribution in [2.75, 3.05) is 6.54 Å². The Morgan fingerprint density at radius 2 is 2.18 bits per heavy atom. The van der Waals surface area contributed by atoms with Crippen LogP contribution in [0.2, 0.25) is 0 Å². The monoisotopic (exact) mass is 296 g/mol. The second-order valence-corrected chi connectivity index (χ2v) is 5.80. The lowest BCUT2D eigenvalue weighted by Crippen LogP contribution is -2.37. The zero-order chi connectivity index (χ0) is 12.3. The van der Waals surface area contributed by atoms with E-state index in [0.29, 0.717) is 18.0 Å². The summed E-state index contributed by atoms with van der Waals surface area (Å²) in [7, 11) is 0. The molecule has 0 saturated heterocycles. The Morgan fingerprint density at radius 1 is 1.41 bits per heavy atom. The van der Waals surface area contributed by atoms with Crippen molar-refractivity contribution in [2.24, 2.45) is 11.7 Å². The van der Waals surface area contributed by atoms with E-state index in [-0.39, 0.29) is 0 Å². The van der Waals surface area contributed by atoms with Gasteiger partial charge in [-0.15, -0.1) is 0 Å². The molecule has 3 N–H and O–H groups in total. The van der Waals surface area contributed by atoms with Gasteiger partial charge in [0, 0.05) is 16.6 Å². The first-order valence-corrected chi connectivity index (χ1v) is 7.22. The van der Waals surface area contributed by atoms with Gasteiger partial charge in [-0.3, -0.25) is 0 Å². The van der Waals surface area contributed by atoms with E-state index in [0.717, 1.165) is 6.54 Å². The maximum atomic E-state index is 5.82. The van der Waals surface area contributed by atoms with Gasteiger partial charge < -0.3 is 11.1 Å². The van der Waals surface area contributed by atoms with E-state index >= 15 is 0 Å². The van der Waals surface area contributed by atoms with Crippen molar-refractivity contribution in [3.8, 4) is 0 Å². The molecule has 1 aliphatic rings. The average molecular weight is 297 g/mol. The van der Waals surface area contributed by atoms with E-state index in [1.807, 2.05) is 0 Å². The van der Waals surface area contributed by atoms with Gasteiger partial charge in [-0.2, -0.15) is 0 Å². The number of rotatable bonds is 4. The average Bonchev–Trinajstić information content (AvgIpc) is 2.76. The summed E-state index contributed by atoms with van der Waals surface area (Å²) < 4.78 is 1.18. The highest BCUT2D eigenvalue weighted by atomic mass is 79.9. The van der Waals surface area contributed by atoms with Gasteiger partial charge in [0.15, 0.2) is 0 Å². The summed E-state index contributed by atoms with van der Waals surface area (Å²) in [4.78, 5) is 0. The van der Waals surface area contributed by atoms with E-state index in [1.54, 1.807) is 0 Å². The molecule has 2 nitrogen and oxygen atoms in total. The maximum Gasteiger partial charge on any atom is 0.0305 e. The summed E-state index contributed by atoms with van der Waals surface area (Å²) >= 11 is 3.61. The molecule has 0 amide bonds. The standard InChI is InChI=1S/C14H21BrN2/c1-10(12-6-2-3-7-13(12)15)17-14-8-4-5-11(14)9-16/h2-3,6-7,10-11,14,17H,4-5,8-9,16H2,1H3/t10-,11?,14?/m1/s1. The molecule has 17 heavy (non-hydrogen) atoms. The van der Waals surface area contributed by atoms with Crippen molar-refractivity contribution in [1.29, 1.82) is 0 Å². The normalized spacial score (nSPS) is 26.1. The van der Waals surface area contributed by atoms with Gasteiger partial charge >= 0.3 is 0 Å². The van der Waals surface area contributed by atoms with E-state index < -0.39 is 0 Å². The van der Waals surface area contributed by atoms with Crippen molar-refractivity contribution in [3.05, 3.63) is 34.3 Å². The molecule has 1 fully saturated rings. The minimum Gasteiger partial charge on any atom is -0.330 e. The summed E-state index contributed by atoms with van der Waals surface area (Å²) in [6.45, 7) is 3.03. The van der Waals surface area contributed by atoms with Gasteiger partial charge in [0.25, 0.3) is 0 Å². The van der Waals surface area contributed by atoms with Crippen LogP contribution in [-0.2, 0) is 0 Å². The Morgan fingerprint density at radius 3 is 2.88 bits per heavy atom. The molecule has 1 aliphatic carbocycles. The molecule has 2 rings (SSSR count). The Labute approximate surface area is 112 Å². The lowest BCUT2D eigenvalue weighted by atomic mass is 10.0. The van der Waals surface area contributed by atoms with Crippen LogP contribution in [0.4, 0.5) is 0 Å². The zero-order valence-electron chi connectivity index (χ0n) is 10.3. The fourth-order valence-corrected chi connectivity index (χ4v) is 3.40. The highest BCUT2D eigenvalue weighted by Crippen LogP contribution is 2.29. The van der Waals surface area contributed by atoms with Crippen LogP contribution in [0.3, 0.4) is 0 Å². The van der Waals surface area contributed by atoms with E-state index in [9.17, 15) is 0 Å². The molecule has 0 radical (unpaired) electrons. The first-order valence-electron chi connectivity index (χ1n) is 6.43. The summed E-state index contributed by atoms with van der Waals surface area (Å²) in [6.07, 6.45) is 3.84. The summed E-state index contributed by atoms with van der Waals surface area (Å²) in [5, 5.41) is 3.73. The quantitative estimate of drug-likeness (QED) is 0.895. The molecule has 0 aliphatic heterocycles. The van der Waals surface area contributed by atoms with Gasteiger partial charge in [-0.05, 0) is 43.9 Å². The predicted molar refractivity (Wildman–Crippen MR) is 75.9 cm³/mol. The highest BCUT2D eigenvalue weighted by molar-refractivity contribution is 9.10. The molecule has 1 aromatic rings. The molecular formula is C14H21BrN2. The minimum atomic E-state index is 0.378. The Bertz CT molecular complexity index is 367. The second kappa shape index (κ2) is 5.98. The van der Waals surface area contributed by atoms with Crippen molar-refractivity contribution in [3.63, 3.8) is 0 Å². The fourth-order valence-electron chi connectivity index (χ4n) is 2.78. The molecule has 94 valence electrons. The smallest absolute Gasteiger partial charge is 0.0305 e. The van der Waals surface area contributed by atoms with E-state index in [1.165, 1.54) is 29.3 Å². The van der Waals surface area contributed by atoms with Gasteiger partial charge in [-0.1, -0.05) is 40.5 Å². The van der Waals surface area contributed by atoms with Gasteiger partial charge in [0.05, 0.1) is 0 Å². The van der Waals surface area contributed by atoms with Crippen molar-refractivity contribution in [2.45, 2.75) is 38.3 Å². The van der Waals surface area contributed by atoms with Crippen LogP contribution in [0.25, 0.3) is 0 Å². The molecule has 0 heterocycles.